The lowest BCUT2D eigenvalue weighted by Gasteiger charge is -2.35. The van der Waals surface area contributed by atoms with Crippen molar-refractivity contribution in [3.8, 4) is 5.88 Å². The van der Waals surface area contributed by atoms with Gasteiger partial charge in [-0.3, -0.25) is 4.79 Å². The Morgan fingerprint density at radius 1 is 1.34 bits per heavy atom. The van der Waals surface area contributed by atoms with Gasteiger partial charge in [-0.25, -0.2) is 9.67 Å². The lowest BCUT2D eigenvalue weighted by molar-refractivity contribution is -0.121. The number of hydrogen-bond donors (Lipinski definition) is 1. The predicted molar refractivity (Wildman–Crippen MR) is 115 cm³/mol. The SMILES string of the molecule is COc1nn(C)c2nc(C)c(CCC(=O)NCC3CCCN(C(C)C)C3)c(C)c12. The molecule has 0 spiro atoms. The molecule has 160 valence electrons. The number of amides is 1. The van der Waals surface area contributed by atoms with Crippen molar-refractivity contribution in [1.82, 2.24) is 25.0 Å². The summed E-state index contributed by atoms with van der Waals surface area (Å²) in [4.78, 5) is 19.7. The quantitative estimate of drug-likeness (QED) is 0.772. The van der Waals surface area contributed by atoms with Crippen LogP contribution in [0.15, 0.2) is 0 Å². The van der Waals surface area contributed by atoms with Gasteiger partial charge < -0.3 is 15.0 Å². The topological polar surface area (TPSA) is 72.3 Å². The zero-order chi connectivity index (χ0) is 21.1. The number of likely N-dealkylation sites (tertiary alicyclic amines) is 1. The molecule has 1 fully saturated rings. The molecule has 0 aliphatic carbocycles. The van der Waals surface area contributed by atoms with Gasteiger partial charge in [0.15, 0.2) is 5.65 Å². The monoisotopic (exact) mass is 401 g/mol. The Labute approximate surface area is 173 Å². The highest BCUT2D eigenvalue weighted by atomic mass is 16.5. The second-order valence-electron chi connectivity index (χ2n) is 8.53. The molecule has 7 nitrogen and oxygen atoms in total. The average Bonchev–Trinajstić information content (AvgIpc) is 3.02. The van der Waals surface area contributed by atoms with Crippen LogP contribution in [-0.4, -0.2) is 58.4 Å². The molecule has 3 rings (SSSR count). The molecular formula is C22H35N5O2. The van der Waals surface area contributed by atoms with E-state index >= 15 is 0 Å². The molecule has 3 heterocycles. The van der Waals surface area contributed by atoms with E-state index in [9.17, 15) is 4.79 Å². The second kappa shape index (κ2) is 9.11. The maximum absolute atomic E-state index is 12.5. The summed E-state index contributed by atoms with van der Waals surface area (Å²) in [5.74, 6) is 1.25. The summed E-state index contributed by atoms with van der Waals surface area (Å²) in [6.45, 7) is 11.6. The molecule has 1 amide bonds. The van der Waals surface area contributed by atoms with Gasteiger partial charge in [-0.2, -0.15) is 0 Å². The second-order valence-corrected chi connectivity index (χ2v) is 8.53. The number of pyridine rings is 1. The van der Waals surface area contributed by atoms with Gasteiger partial charge in [0, 0.05) is 38.3 Å². The molecule has 1 saturated heterocycles. The van der Waals surface area contributed by atoms with Gasteiger partial charge in [0.2, 0.25) is 11.8 Å². The van der Waals surface area contributed by atoms with Crippen molar-refractivity contribution in [3.63, 3.8) is 0 Å². The number of rotatable bonds is 7. The normalized spacial score (nSPS) is 17.8. The van der Waals surface area contributed by atoms with Crippen LogP contribution in [0.25, 0.3) is 11.0 Å². The summed E-state index contributed by atoms with van der Waals surface area (Å²) in [7, 11) is 3.50. The fourth-order valence-electron chi connectivity index (χ4n) is 4.43. The first-order valence-electron chi connectivity index (χ1n) is 10.7. The van der Waals surface area contributed by atoms with E-state index in [0.717, 1.165) is 40.9 Å². The number of aromatic nitrogens is 3. The molecule has 29 heavy (non-hydrogen) atoms. The Balaban J connectivity index is 1.61. The lowest BCUT2D eigenvalue weighted by atomic mass is 9.96. The minimum absolute atomic E-state index is 0.115. The number of carbonyl (C=O) groups is 1. The third-order valence-corrected chi connectivity index (χ3v) is 6.19. The number of nitrogens with zero attached hydrogens (tertiary/aromatic N) is 4. The molecule has 1 aliphatic rings. The molecule has 0 bridgehead atoms. The Hall–Kier alpha value is -2.15. The van der Waals surface area contributed by atoms with Crippen LogP contribution in [0.5, 0.6) is 5.88 Å². The summed E-state index contributed by atoms with van der Waals surface area (Å²) in [6.07, 6.45) is 3.56. The molecule has 2 aromatic rings. The third kappa shape index (κ3) is 4.71. The van der Waals surface area contributed by atoms with Crippen LogP contribution >= 0.6 is 0 Å². The number of piperidine rings is 1. The number of methoxy groups -OCH3 is 1. The molecular weight excluding hydrogens is 366 g/mol. The Kier molecular flexibility index (Phi) is 6.77. The van der Waals surface area contributed by atoms with Crippen molar-refractivity contribution in [3.05, 3.63) is 16.8 Å². The smallest absolute Gasteiger partial charge is 0.242 e. The van der Waals surface area contributed by atoms with Crippen LogP contribution in [-0.2, 0) is 18.3 Å². The first kappa shape index (κ1) is 21.6. The number of hydrogen-bond acceptors (Lipinski definition) is 5. The lowest BCUT2D eigenvalue weighted by Crippen LogP contribution is -2.43. The Morgan fingerprint density at radius 3 is 2.79 bits per heavy atom. The highest BCUT2D eigenvalue weighted by Gasteiger charge is 2.22. The van der Waals surface area contributed by atoms with Crippen molar-refractivity contribution in [1.29, 1.82) is 0 Å². The van der Waals surface area contributed by atoms with Crippen LogP contribution < -0.4 is 10.1 Å². The molecule has 0 saturated carbocycles. The van der Waals surface area contributed by atoms with Crippen LogP contribution in [0.3, 0.4) is 0 Å². The predicted octanol–water partition coefficient (Wildman–Crippen LogP) is 2.76. The van der Waals surface area contributed by atoms with Gasteiger partial charge in [0.25, 0.3) is 0 Å². The van der Waals surface area contributed by atoms with Gasteiger partial charge >= 0.3 is 0 Å². The van der Waals surface area contributed by atoms with Gasteiger partial charge in [-0.05, 0) is 70.5 Å². The number of ether oxygens (including phenoxy) is 1. The van der Waals surface area contributed by atoms with Crippen molar-refractivity contribution in [2.45, 2.75) is 59.4 Å². The van der Waals surface area contributed by atoms with Crippen LogP contribution in [0.2, 0.25) is 0 Å². The summed E-state index contributed by atoms with van der Waals surface area (Å²) in [6, 6.07) is 0.575. The zero-order valence-electron chi connectivity index (χ0n) is 18.7. The molecule has 1 atom stereocenters. The van der Waals surface area contributed by atoms with Crippen molar-refractivity contribution in [2.24, 2.45) is 13.0 Å². The molecule has 0 aromatic carbocycles. The van der Waals surface area contributed by atoms with E-state index in [4.69, 9.17) is 9.72 Å². The Morgan fingerprint density at radius 2 is 2.10 bits per heavy atom. The fraction of sp³-hybridized carbons (Fsp3) is 0.682. The standard InChI is InChI=1S/C22H35N5O2/c1-14(2)27-11-7-8-17(13-27)12-23-19(28)10-9-18-15(3)20-21(24-16(18)4)26(5)25-22(20)29-6/h14,17H,7-13H2,1-6H3,(H,23,28). The van der Waals surface area contributed by atoms with E-state index in [1.807, 2.05) is 14.0 Å². The number of fused-ring (bicyclic) bond motifs is 1. The minimum Gasteiger partial charge on any atom is -0.479 e. The van der Waals surface area contributed by atoms with Crippen molar-refractivity contribution < 1.29 is 9.53 Å². The van der Waals surface area contributed by atoms with Gasteiger partial charge in [0.05, 0.1) is 12.5 Å². The largest absolute Gasteiger partial charge is 0.479 e. The number of nitrogens with one attached hydrogen (secondary N) is 1. The summed E-state index contributed by atoms with van der Waals surface area (Å²) in [5.41, 5.74) is 3.98. The summed E-state index contributed by atoms with van der Waals surface area (Å²) < 4.78 is 7.17. The first-order valence-corrected chi connectivity index (χ1v) is 10.7. The van der Waals surface area contributed by atoms with Gasteiger partial charge in [-0.1, -0.05) is 0 Å². The van der Waals surface area contributed by atoms with E-state index < -0.39 is 0 Å². The van der Waals surface area contributed by atoms with Gasteiger partial charge in [0.1, 0.15) is 0 Å². The van der Waals surface area contributed by atoms with Crippen LogP contribution in [0.4, 0.5) is 0 Å². The number of carbonyl (C=O) groups excluding carboxylic acids is 1. The zero-order valence-corrected chi connectivity index (χ0v) is 18.7. The molecule has 1 unspecified atom stereocenters. The molecule has 2 aromatic heterocycles. The maximum atomic E-state index is 12.5. The summed E-state index contributed by atoms with van der Waals surface area (Å²) in [5, 5.41) is 8.49. The van der Waals surface area contributed by atoms with E-state index in [1.54, 1.807) is 11.8 Å². The molecule has 7 heteroatoms. The molecule has 0 radical (unpaired) electrons. The van der Waals surface area contributed by atoms with E-state index in [0.29, 0.717) is 30.7 Å². The van der Waals surface area contributed by atoms with E-state index in [2.05, 4.69) is 36.1 Å². The van der Waals surface area contributed by atoms with Crippen LogP contribution in [0.1, 0.15) is 49.9 Å². The highest BCUT2D eigenvalue weighted by molar-refractivity contribution is 5.86. The average molecular weight is 402 g/mol. The Bertz CT molecular complexity index is 874. The van der Waals surface area contributed by atoms with Crippen molar-refractivity contribution in [2.75, 3.05) is 26.7 Å². The van der Waals surface area contributed by atoms with Crippen molar-refractivity contribution >= 4 is 16.9 Å². The fourth-order valence-corrected chi connectivity index (χ4v) is 4.43. The number of aryl methyl sites for hydroxylation is 3. The molecule has 1 aliphatic heterocycles. The highest BCUT2D eigenvalue weighted by Crippen LogP contribution is 2.30. The molecule has 1 N–H and O–H groups in total. The first-order chi connectivity index (χ1) is 13.8. The maximum Gasteiger partial charge on any atom is 0.242 e. The minimum atomic E-state index is 0.115. The van der Waals surface area contributed by atoms with E-state index in [-0.39, 0.29) is 5.91 Å². The summed E-state index contributed by atoms with van der Waals surface area (Å²) >= 11 is 0. The van der Waals surface area contributed by atoms with Crippen LogP contribution in [0, 0.1) is 19.8 Å². The third-order valence-electron chi connectivity index (χ3n) is 6.19. The van der Waals surface area contributed by atoms with Gasteiger partial charge in [-0.15, -0.1) is 5.10 Å². The van der Waals surface area contributed by atoms with E-state index in [1.165, 1.54) is 19.4 Å².